The Balaban J connectivity index is 0. The van der Waals surface area contributed by atoms with Gasteiger partial charge in [-0.05, 0) is 25.0 Å². The van der Waals surface area contributed by atoms with Gasteiger partial charge in [-0.1, -0.05) is 0 Å². The molecule has 8 heteroatoms. The number of rotatable bonds is 12. The Morgan fingerprint density at radius 3 is 0.818 bits per heavy atom. The molecular formula is C14H24O4S4. The quantitative estimate of drug-likeness (QED) is 0.475. The second-order valence-electron chi connectivity index (χ2n) is 4.24. The van der Waals surface area contributed by atoms with E-state index in [9.17, 15) is 19.2 Å². The average molecular weight is 385 g/mol. The van der Waals surface area contributed by atoms with Crippen molar-refractivity contribution in [1.29, 1.82) is 0 Å². The van der Waals surface area contributed by atoms with Crippen molar-refractivity contribution in [3.8, 4) is 0 Å². The SMILES string of the molecule is CSCC(=O)CC(=O)CSC.CSCC(=O)CC(=O)CSC. The van der Waals surface area contributed by atoms with Crippen LogP contribution in [0.4, 0.5) is 0 Å². The zero-order valence-corrected chi connectivity index (χ0v) is 16.8. The molecule has 0 saturated carbocycles. The Labute approximate surface area is 150 Å². The fourth-order valence-corrected chi connectivity index (χ4v) is 2.98. The van der Waals surface area contributed by atoms with Gasteiger partial charge >= 0.3 is 0 Å². The zero-order valence-electron chi connectivity index (χ0n) is 13.5. The molecule has 0 aromatic heterocycles. The lowest BCUT2D eigenvalue weighted by Gasteiger charge is -1.95. The smallest absolute Gasteiger partial charge is 0.150 e. The second kappa shape index (κ2) is 17.4. The standard InChI is InChI=1S/2C7H12O2S2/c2*1-10-4-6(8)3-7(9)5-11-2/h2*3-5H2,1-2H3. The molecule has 0 unspecified atom stereocenters. The molecule has 0 fully saturated rings. The molecular weight excluding hydrogens is 360 g/mol. The van der Waals surface area contributed by atoms with Gasteiger partial charge in [-0.3, -0.25) is 19.2 Å². The summed E-state index contributed by atoms with van der Waals surface area (Å²) in [4.78, 5) is 43.5. The second-order valence-corrected chi connectivity index (χ2v) is 7.70. The van der Waals surface area contributed by atoms with Crippen LogP contribution in [0.15, 0.2) is 0 Å². The molecule has 4 nitrogen and oxygen atoms in total. The fourth-order valence-electron chi connectivity index (χ4n) is 1.29. The highest BCUT2D eigenvalue weighted by molar-refractivity contribution is 8.00. The molecule has 0 heterocycles. The van der Waals surface area contributed by atoms with Gasteiger partial charge in [0.15, 0.2) is 0 Å². The summed E-state index contributed by atoms with van der Waals surface area (Å²) in [7, 11) is 0. The van der Waals surface area contributed by atoms with Crippen molar-refractivity contribution in [1.82, 2.24) is 0 Å². The molecule has 128 valence electrons. The molecule has 0 aromatic rings. The minimum Gasteiger partial charge on any atom is -0.298 e. The minimum atomic E-state index is 0.0385. The third-order valence-electron chi connectivity index (χ3n) is 2.01. The number of hydrogen-bond acceptors (Lipinski definition) is 8. The van der Waals surface area contributed by atoms with E-state index in [1.54, 1.807) is 0 Å². The van der Waals surface area contributed by atoms with E-state index in [1.807, 2.05) is 25.0 Å². The summed E-state index contributed by atoms with van der Waals surface area (Å²) in [6, 6.07) is 0. The first-order chi connectivity index (χ1) is 10.4. The van der Waals surface area contributed by atoms with E-state index in [-0.39, 0.29) is 36.0 Å². The summed E-state index contributed by atoms with van der Waals surface area (Å²) < 4.78 is 0. The first kappa shape index (κ1) is 24.3. The monoisotopic (exact) mass is 384 g/mol. The van der Waals surface area contributed by atoms with Gasteiger partial charge in [0, 0.05) is 0 Å². The highest BCUT2D eigenvalue weighted by Gasteiger charge is 2.08. The van der Waals surface area contributed by atoms with Crippen LogP contribution in [0.25, 0.3) is 0 Å². The Morgan fingerprint density at radius 2 is 0.682 bits per heavy atom. The van der Waals surface area contributed by atoms with E-state index in [4.69, 9.17) is 0 Å². The third-order valence-corrected chi connectivity index (χ3v) is 4.45. The van der Waals surface area contributed by atoms with Crippen molar-refractivity contribution in [3.05, 3.63) is 0 Å². The molecule has 0 aliphatic heterocycles. The number of thioether (sulfide) groups is 4. The van der Waals surface area contributed by atoms with Crippen LogP contribution in [0.1, 0.15) is 12.8 Å². The predicted molar refractivity (Wildman–Crippen MR) is 103 cm³/mol. The average Bonchev–Trinajstić information content (AvgIpc) is 2.40. The van der Waals surface area contributed by atoms with Crippen LogP contribution in [0.2, 0.25) is 0 Å². The van der Waals surface area contributed by atoms with Crippen molar-refractivity contribution in [3.63, 3.8) is 0 Å². The minimum absolute atomic E-state index is 0.0385. The maximum Gasteiger partial charge on any atom is 0.150 e. The van der Waals surface area contributed by atoms with Gasteiger partial charge in [0.1, 0.15) is 23.1 Å². The topological polar surface area (TPSA) is 68.3 Å². The Bertz CT molecular complexity index is 293. The molecule has 0 aliphatic carbocycles. The van der Waals surface area contributed by atoms with Gasteiger partial charge in [0.05, 0.1) is 35.9 Å². The molecule has 0 aliphatic rings. The van der Waals surface area contributed by atoms with Gasteiger partial charge in [-0.25, -0.2) is 0 Å². The van der Waals surface area contributed by atoms with Gasteiger partial charge in [0.2, 0.25) is 0 Å². The molecule has 0 aromatic carbocycles. The number of ketones is 4. The largest absolute Gasteiger partial charge is 0.298 e. The van der Waals surface area contributed by atoms with Crippen LogP contribution in [0.3, 0.4) is 0 Å². The number of carbonyl (C=O) groups is 4. The van der Waals surface area contributed by atoms with Crippen molar-refractivity contribution in [2.45, 2.75) is 12.8 Å². The van der Waals surface area contributed by atoms with Crippen LogP contribution >= 0.6 is 47.0 Å². The Hall–Kier alpha value is 0.0800. The van der Waals surface area contributed by atoms with Crippen LogP contribution in [-0.4, -0.2) is 71.2 Å². The van der Waals surface area contributed by atoms with E-state index >= 15 is 0 Å². The van der Waals surface area contributed by atoms with Crippen molar-refractivity contribution in [2.24, 2.45) is 0 Å². The maximum atomic E-state index is 10.9. The maximum absolute atomic E-state index is 10.9. The summed E-state index contributed by atoms with van der Waals surface area (Å²) in [5.74, 6) is 1.99. The van der Waals surface area contributed by atoms with E-state index < -0.39 is 0 Å². The lowest BCUT2D eigenvalue weighted by Crippen LogP contribution is -2.11. The molecule has 0 rings (SSSR count). The van der Waals surface area contributed by atoms with Crippen LogP contribution in [0.5, 0.6) is 0 Å². The highest BCUT2D eigenvalue weighted by Crippen LogP contribution is 2.00. The molecule has 0 atom stereocenters. The number of hydrogen-bond donors (Lipinski definition) is 0. The molecule has 0 bridgehead atoms. The summed E-state index contributed by atoms with van der Waals surface area (Å²) in [6.07, 6.45) is 7.66. The Kier molecular flexibility index (Phi) is 19.3. The lowest BCUT2D eigenvalue weighted by molar-refractivity contribution is -0.125. The van der Waals surface area contributed by atoms with Gasteiger partial charge in [-0.2, -0.15) is 47.0 Å². The predicted octanol–water partition coefficient (Wildman–Crippen LogP) is 2.48. The molecule has 0 spiro atoms. The van der Waals surface area contributed by atoms with Gasteiger partial charge in [0.25, 0.3) is 0 Å². The molecule has 0 radical (unpaired) electrons. The van der Waals surface area contributed by atoms with Crippen LogP contribution in [-0.2, 0) is 19.2 Å². The van der Waals surface area contributed by atoms with Crippen LogP contribution in [0, 0.1) is 0 Å². The van der Waals surface area contributed by atoms with Crippen LogP contribution < -0.4 is 0 Å². The summed E-state index contributed by atoms with van der Waals surface area (Å²) in [5.41, 5.74) is 0. The normalized spacial score (nSPS) is 9.64. The lowest BCUT2D eigenvalue weighted by atomic mass is 10.2. The van der Waals surface area contributed by atoms with Gasteiger partial charge in [-0.15, -0.1) is 0 Å². The highest BCUT2D eigenvalue weighted by atomic mass is 32.2. The first-order valence-electron chi connectivity index (χ1n) is 6.43. The van der Waals surface area contributed by atoms with Crippen molar-refractivity contribution < 1.29 is 19.2 Å². The van der Waals surface area contributed by atoms with E-state index in [0.717, 1.165) is 0 Å². The van der Waals surface area contributed by atoms with Crippen molar-refractivity contribution >= 4 is 70.2 Å². The van der Waals surface area contributed by atoms with E-state index in [0.29, 0.717) is 23.0 Å². The zero-order chi connectivity index (χ0) is 17.4. The number of carbonyl (C=O) groups excluding carboxylic acids is 4. The Morgan fingerprint density at radius 1 is 0.500 bits per heavy atom. The summed E-state index contributed by atoms with van der Waals surface area (Å²) >= 11 is 5.84. The molecule has 0 N–H and O–H groups in total. The van der Waals surface area contributed by atoms with E-state index in [1.165, 1.54) is 47.0 Å². The van der Waals surface area contributed by atoms with Crippen molar-refractivity contribution in [2.75, 3.05) is 48.0 Å². The molecule has 0 amide bonds. The fraction of sp³-hybridized carbons (Fsp3) is 0.714. The van der Waals surface area contributed by atoms with Gasteiger partial charge < -0.3 is 0 Å². The first-order valence-corrected chi connectivity index (χ1v) is 12.0. The number of Topliss-reactive ketones (excluding diaryl/α,β-unsaturated/α-hetero) is 4. The summed E-state index contributed by atoms with van der Waals surface area (Å²) in [6.45, 7) is 0. The molecule has 0 saturated heterocycles. The van der Waals surface area contributed by atoms with E-state index in [2.05, 4.69) is 0 Å². The molecule has 22 heavy (non-hydrogen) atoms. The summed E-state index contributed by atoms with van der Waals surface area (Å²) in [5, 5.41) is 0. The third kappa shape index (κ3) is 18.1.